The molecule has 0 spiro atoms. The van der Waals surface area contributed by atoms with Gasteiger partial charge in [-0.15, -0.1) is 5.10 Å². The Morgan fingerprint density at radius 2 is 2.05 bits per heavy atom. The smallest absolute Gasteiger partial charge is 0.335 e. The van der Waals surface area contributed by atoms with Gasteiger partial charge in [0.15, 0.2) is 5.76 Å². The predicted octanol–water partition coefficient (Wildman–Crippen LogP) is 1.68. The van der Waals surface area contributed by atoms with E-state index in [4.69, 9.17) is 9.52 Å². The number of tetrazole rings is 1. The summed E-state index contributed by atoms with van der Waals surface area (Å²) >= 11 is 0. The molecule has 0 saturated carbocycles. The van der Waals surface area contributed by atoms with Crippen LogP contribution in [0.1, 0.15) is 15.9 Å². The van der Waals surface area contributed by atoms with Crippen LogP contribution in [0.15, 0.2) is 47.1 Å². The molecular formula is C13H10N4O3. The Labute approximate surface area is 113 Å². The van der Waals surface area contributed by atoms with Crippen LogP contribution in [0, 0.1) is 0 Å². The minimum atomic E-state index is -0.949. The van der Waals surface area contributed by atoms with E-state index in [-0.39, 0.29) is 5.56 Å². The Balaban J connectivity index is 1.85. The average molecular weight is 270 g/mol. The lowest BCUT2D eigenvalue weighted by Gasteiger charge is -2.03. The van der Waals surface area contributed by atoms with Crippen LogP contribution in [0.2, 0.25) is 0 Å². The summed E-state index contributed by atoms with van der Waals surface area (Å²) in [7, 11) is 0. The molecule has 100 valence electrons. The van der Waals surface area contributed by atoms with Crippen LogP contribution in [0.4, 0.5) is 0 Å². The monoisotopic (exact) mass is 270 g/mol. The quantitative estimate of drug-likeness (QED) is 0.775. The number of hydrogen-bond donors (Lipinski definition) is 1. The van der Waals surface area contributed by atoms with Crippen molar-refractivity contribution in [3.8, 4) is 11.6 Å². The molecule has 0 amide bonds. The van der Waals surface area contributed by atoms with E-state index < -0.39 is 5.97 Å². The molecular weight excluding hydrogens is 260 g/mol. The normalized spacial score (nSPS) is 10.6. The minimum absolute atomic E-state index is 0.247. The predicted molar refractivity (Wildman–Crippen MR) is 68.0 cm³/mol. The summed E-state index contributed by atoms with van der Waals surface area (Å²) in [4.78, 5) is 10.8. The number of carbonyl (C=O) groups is 1. The van der Waals surface area contributed by atoms with E-state index in [0.29, 0.717) is 18.1 Å². The Morgan fingerprint density at radius 3 is 2.70 bits per heavy atom. The second-order valence-electron chi connectivity index (χ2n) is 4.14. The highest BCUT2D eigenvalue weighted by atomic mass is 16.4. The van der Waals surface area contributed by atoms with Crippen LogP contribution in [0.25, 0.3) is 11.6 Å². The highest BCUT2D eigenvalue weighted by Gasteiger charge is 2.12. The molecule has 7 heteroatoms. The molecule has 0 fully saturated rings. The standard InChI is InChI=1S/C13H10N4O3/c18-13(19)10-5-3-9(4-6-10)8-17-12(14-15-16-17)11-2-1-7-20-11/h1-7H,8H2,(H,18,19). The summed E-state index contributed by atoms with van der Waals surface area (Å²) in [5.74, 6) is 0.157. The van der Waals surface area contributed by atoms with E-state index in [0.717, 1.165) is 5.56 Å². The van der Waals surface area contributed by atoms with Gasteiger partial charge in [0.05, 0.1) is 18.4 Å². The molecule has 0 aliphatic rings. The maximum atomic E-state index is 10.8. The van der Waals surface area contributed by atoms with Gasteiger partial charge in [-0.2, -0.15) is 0 Å². The molecule has 1 N–H and O–H groups in total. The average Bonchev–Trinajstić information content (AvgIpc) is 3.09. The summed E-state index contributed by atoms with van der Waals surface area (Å²) in [6, 6.07) is 10.1. The van der Waals surface area contributed by atoms with Crippen LogP contribution < -0.4 is 0 Å². The highest BCUT2D eigenvalue weighted by molar-refractivity contribution is 5.87. The number of rotatable bonds is 4. The van der Waals surface area contributed by atoms with Crippen molar-refractivity contribution in [3.05, 3.63) is 53.8 Å². The first kappa shape index (κ1) is 12.1. The SMILES string of the molecule is O=C(O)c1ccc(Cn2nnnc2-c2ccco2)cc1. The van der Waals surface area contributed by atoms with Gasteiger partial charge < -0.3 is 9.52 Å². The number of benzene rings is 1. The molecule has 2 aromatic heterocycles. The second-order valence-corrected chi connectivity index (χ2v) is 4.14. The molecule has 2 heterocycles. The summed E-state index contributed by atoms with van der Waals surface area (Å²) in [6.45, 7) is 0.433. The topological polar surface area (TPSA) is 94.0 Å². The summed E-state index contributed by atoms with van der Waals surface area (Å²) in [6.07, 6.45) is 1.55. The van der Waals surface area contributed by atoms with Crippen molar-refractivity contribution in [2.45, 2.75) is 6.54 Å². The molecule has 0 saturated heterocycles. The maximum absolute atomic E-state index is 10.8. The molecule has 7 nitrogen and oxygen atoms in total. The first-order valence-electron chi connectivity index (χ1n) is 5.86. The van der Waals surface area contributed by atoms with Gasteiger partial charge in [0.25, 0.3) is 0 Å². The first-order valence-corrected chi connectivity index (χ1v) is 5.86. The number of nitrogens with zero attached hydrogens (tertiary/aromatic N) is 4. The number of carboxylic acid groups (broad SMARTS) is 1. The van der Waals surface area contributed by atoms with Crippen LogP contribution >= 0.6 is 0 Å². The third kappa shape index (κ3) is 2.28. The Hall–Kier alpha value is -2.96. The van der Waals surface area contributed by atoms with Crippen molar-refractivity contribution < 1.29 is 14.3 Å². The van der Waals surface area contributed by atoms with Gasteiger partial charge in [-0.25, -0.2) is 9.48 Å². The van der Waals surface area contributed by atoms with Crippen molar-refractivity contribution >= 4 is 5.97 Å². The molecule has 0 atom stereocenters. The van der Waals surface area contributed by atoms with Gasteiger partial charge in [0.2, 0.25) is 5.82 Å². The molecule has 1 aromatic carbocycles. The Bertz CT molecular complexity index is 716. The van der Waals surface area contributed by atoms with Crippen LogP contribution in [-0.2, 0) is 6.54 Å². The lowest BCUT2D eigenvalue weighted by Crippen LogP contribution is -2.04. The zero-order valence-corrected chi connectivity index (χ0v) is 10.3. The van der Waals surface area contributed by atoms with Crippen molar-refractivity contribution in [3.63, 3.8) is 0 Å². The van der Waals surface area contributed by atoms with E-state index in [2.05, 4.69) is 15.5 Å². The van der Waals surface area contributed by atoms with E-state index in [1.807, 2.05) is 0 Å². The van der Waals surface area contributed by atoms with Crippen molar-refractivity contribution in [1.82, 2.24) is 20.2 Å². The fourth-order valence-electron chi connectivity index (χ4n) is 1.82. The van der Waals surface area contributed by atoms with Crippen molar-refractivity contribution in [2.75, 3.05) is 0 Å². The zero-order valence-electron chi connectivity index (χ0n) is 10.3. The maximum Gasteiger partial charge on any atom is 0.335 e. The molecule has 0 bridgehead atoms. The first-order chi connectivity index (χ1) is 9.74. The molecule has 0 radical (unpaired) electrons. The number of aromatic nitrogens is 4. The molecule has 3 aromatic rings. The van der Waals surface area contributed by atoms with Gasteiger partial charge in [-0.05, 0) is 40.3 Å². The van der Waals surface area contributed by atoms with E-state index >= 15 is 0 Å². The highest BCUT2D eigenvalue weighted by Crippen LogP contribution is 2.17. The molecule has 0 unspecified atom stereocenters. The van der Waals surface area contributed by atoms with Gasteiger partial charge in [-0.1, -0.05) is 12.1 Å². The van der Waals surface area contributed by atoms with Gasteiger partial charge >= 0.3 is 5.97 Å². The molecule has 3 rings (SSSR count). The van der Waals surface area contributed by atoms with Crippen LogP contribution in [-0.4, -0.2) is 31.3 Å². The minimum Gasteiger partial charge on any atom is -0.478 e. The lowest BCUT2D eigenvalue weighted by molar-refractivity contribution is 0.0697. The molecule has 0 aliphatic heterocycles. The van der Waals surface area contributed by atoms with Crippen molar-refractivity contribution in [2.24, 2.45) is 0 Å². The van der Waals surface area contributed by atoms with E-state index in [9.17, 15) is 4.79 Å². The number of hydrogen-bond acceptors (Lipinski definition) is 5. The second kappa shape index (κ2) is 4.96. The number of furan rings is 1. The summed E-state index contributed by atoms with van der Waals surface area (Å²) < 4.78 is 6.86. The Kier molecular flexibility index (Phi) is 3.00. The van der Waals surface area contributed by atoms with E-state index in [1.165, 1.54) is 0 Å². The third-order valence-corrected chi connectivity index (χ3v) is 2.81. The Morgan fingerprint density at radius 1 is 1.25 bits per heavy atom. The third-order valence-electron chi connectivity index (χ3n) is 2.81. The zero-order chi connectivity index (χ0) is 13.9. The van der Waals surface area contributed by atoms with Crippen molar-refractivity contribution in [1.29, 1.82) is 0 Å². The molecule has 0 aliphatic carbocycles. The van der Waals surface area contributed by atoms with Gasteiger partial charge in [-0.3, -0.25) is 0 Å². The van der Waals surface area contributed by atoms with Gasteiger partial charge in [0.1, 0.15) is 0 Å². The number of carboxylic acids is 1. The van der Waals surface area contributed by atoms with Gasteiger partial charge in [0, 0.05) is 0 Å². The summed E-state index contributed by atoms with van der Waals surface area (Å²) in [5, 5.41) is 20.3. The lowest BCUT2D eigenvalue weighted by atomic mass is 10.1. The fourth-order valence-corrected chi connectivity index (χ4v) is 1.82. The number of aromatic carboxylic acids is 1. The summed E-state index contributed by atoms with van der Waals surface area (Å²) in [5.41, 5.74) is 1.15. The molecule has 20 heavy (non-hydrogen) atoms. The van der Waals surface area contributed by atoms with Crippen LogP contribution in [0.5, 0.6) is 0 Å². The van der Waals surface area contributed by atoms with E-state index in [1.54, 1.807) is 47.3 Å². The van der Waals surface area contributed by atoms with Crippen LogP contribution in [0.3, 0.4) is 0 Å². The largest absolute Gasteiger partial charge is 0.478 e. The fraction of sp³-hybridized carbons (Fsp3) is 0.0769.